The van der Waals surface area contributed by atoms with Gasteiger partial charge in [0.1, 0.15) is 0 Å². The molecule has 1 heterocycles. The predicted octanol–water partition coefficient (Wildman–Crippen LogP) is 1.49. The molecular formula is C9H16N2. The van der Waals surface area contributed by atoms with Crippen LogP contribution in [0.1, 0.15) is 20.8 Å². The largest absolute Gasteiger partial charge is 0.288 e. The lowest BCUT2D eigenvalue weighted by Crippen LogP contribution is -2.29. The Morgan fingerprint density at radius 3 is 2.18 bits per heavy atom. The summed E-state index contributed by atoms with van der Waals surface area (Å²) in [6.07, 6.45) is 0. The SMILES string of the molecule is CC1CN(C(C)C#N)CC1C. The van der Waals surface area contributed by atoms with Crippen molar-refractivity contribution in [3.05, 3.63) is 0 Å². The Balaban J connectivity index is 2.48. The van der Waals surface area contributed by atoms with E-state index in [4.69, 9.17) is 5.26 Å². The molecule has 3 unspecified atom stereocenters. The number of hydrogen-bond donors (Lipinski definition) is 0. The van der Waals surface area contributed by atoms with Crippen molar-refractivity contribution in [3.63, 3.8) is 0 Å². The van der Waals surface area contributed by atoms with Crippen molar-refractivity contribution in [3.8, 4) is 6.07 Å². The van der Waals surface area contributed by atoms with E-state index in [0.717, 1.165) is 24.9 Å². The molecule has 0 amide bonds. The summed E-state index contributed by atoms with van der Waals surface area (Å²) in [5.74, 6) is 1.51. The van der Waals surface area contributed by atoms with Gasteiger partial charge in [0.15, 0.2) is 0 Å². The van der Waals surface area contributed by atoms with Gasteiger partial charge in [0, 0.05) is 13.1 Å². The third-order valence-corrected chi connectivity index (χ3v) is 2.75. The summed E-state index contributed by atoms with van der Waals surface area (Å²) in [4.78, 5) is 2.26. The molecule has 0 radical (unpaired) electrons. The van der Waals surface area contributed by atoms with E-state index in [9.17, 15) is 0 Å². The highest BCUT2D eigenvalue weighted by Gasteiger charge is 2.28. The monoisotopic (exact) mass is 152 g/mol. The van der Waals surface area contributed by atoms with E-state index in [2.05, 4.69) is 24.8 Å². The first-order valence-electron chi connectivity index (χ1n) is 4.28. The second-order valence-corrected chi connectivity index (χ2v) is 3.71. The normalized spacial score (nSPS) is 35.1. The Morgan fingerprint density at radius 2 is 1.82 bits per heavy atom. The third kappa shape index (κ3) is 1.72. The van der Waals surface area contributed by atoms with Crippen molar-refractivity contribution in [2.75, 3.05) is 13.1 Å². The van der Waals surface area contributed by atoms with Gasteiger partial charge < -0.3 is 0 Å². The molecule has 2 nitrogen and oxygen atoms in total. The van der Waals surface area contributed by atoms with Crippen LogP contribution in [-0.4, -0.2) is 24.0 Å². The van der Waals surface area contributed by atoms with E-state index >= 15 is 0 Å². The maximum Gasteiger partial charge on any atom is 0.0949 e. The molecule has 1 aliphatic heterocycles. The molecule has 0 aliphatic carbocycles. The highest BCUT2D eigenvalue weighted by atomic mass is 15.2. The summed E-state index contributed by atoms with van der Waals surface area (Å²) in [5.41, 5.74) is 0. The maximum absolute atomic E-state index is 8.68. The van der Waals surface area contributed by atoms with E-state index in [1.165, 1.54) is 0 Å². The standard InChI is InChI=1S/C9H16N2/c1-7-5-11(6-8(7)2)9(3)4-10/h7-9H,5-6H2,1-3H3. The summed E-state index contributed by atoms with van der Waals surface area (Å²) in [5, 5.41) is 8.68. The molecule has 1 rings (SSSR count). The average molecular weight is 152 g/mol. The minimum atomic E-state index is 0.0994. The molecule has 0 aromatic rings. The number of hydrogen-bond acceptors (Lipinski definition) is 2. The van der Waals surface area contributed by atoms with Gasteiger partial charge in [-0.3, -0.25) is 4.90 Å². The van der Waals surface area contributed by atoms with Crippen LogP contribution in [0.4, 0.5) is 0 Å². The Hall–Kier alpha value is -0.550. The average Bonchev–Trinajstić information content (AvgIpc) is 2.31. The van der Waals surface area contributed by atoms with Gasteiger partial charge in [0.05, 0.1) is 12.1 Å². The number of likely N-dealkylation sites (tertiary alicyclic amines) is 1. The van der Waals surface area contributed by atoms with Crippen molar-refractivity contribution >= 4 is 0 Å². The van der Waals surface area contributed by atoms with Crippen LogP contribution in [-0.2, 0) is 0 Å². The van der Waals surface area contributed by atoms with Crippen molar-refractivity contribution in [2.24, 2.45) is 11.8 Å². The molecule has 1 aliphatic rings. The number of nitriles is 1. The van der Waals surface area contributed by atoms with Gasteiger partial charge in [-0.1, -0.05) is 13.8 Å². The summed E-state index contributed by atoms with van der Waals surface area (Å²) >= 11 is 0. The van der Waals surface area contributed by atoms with Crippen molar-refractivity contribution in [1.29, 1.82) is 5.26 Å². The molecule has 11 heavy (non-hydrogen) atoms. The van der Waals surface area contributed by atoms with Crippen molar-refractivity contribution in [2.45, 2.75) is 26.8 Å². The minimum Gasteiger partial charge on any atom is -0.288 e. The van der Waals surface area contributed by atoms with Crippen LogP contribution in [0.3, 0.4) is 0 Å². The van der Waals surface area contributed by atoms with E-state index < -0.39 is 0 Å². The number of rotatable bonds is 1. The molecule has 62 valence electrons. The highest BCUT2D eigenvalue weighted by Crippen LogP contribution is 2.23. The number of nitrogens with zero attached hydrogens (tertiary/aromatic N) is 2. The molecule has 0 aromatic carbocycles. The fourth-order valence-electron chi connectivity index (χ4n) is 1.57. The van der Waals surface area contributed by atoms with Crippen LogP contribution in [0.15, 0.2) is 0 Å². The van der Waals surface area contributed by atoms with Crippen molar-refractivity contribution in [1.82, 2.24) is 4.90 Å². The fourth-order valence-corrected chi connectivity index (χ4v) is 1.57. The zero-order chi connectivity index (χ0) is 8.43. The molecule has 0 bridgehead atoms. The summed E-state index contributed by atoms with van der Waals surface area (Å²) < 4.78 is 0. The van der Waals surface area contributed by atoms with E-state index in [0.29, 0.717) is 0 Å². The molecule has 0 N–H and O–H groups in total. The van der Waals surface area contributed by atoms with Gasteiger partial charge in [-0.15, -0.1) is 0 Å². The molecule has 3 atom stereocenters. The molecule has 0 aromatic heterocycles. The van der Waals surface area contributed by atoms with Crippen LogP contribution in [0, 0.1) is 23.2 Å². The quantitative estimate of drug-likeness (QED) is 0.569. The Kier molecular flexibility index (Phi) is 2.51. The van der Waals surface area contributed by atoms with Crippen molar-refractivity contribution < 1.29 is 0 Å². The molecule has 2 heteroatoms. The lowest BCUT2D eigenvalue weighted by atomic mass is 10.0. The van der Waals surface area contributed by atoms with Crippen LogP contribution in [0.5, 0.6) is 0 Å². The molecule has 0 saturated carbocycles. The zero-order valence-electron chi connectivity index (χ0n) is 7.54. The zero-order valence-corrected chi connectivity index (χ0v) is 7.54. The first kappa shape index (κ1) is 8.55. The van der Waals surface area contributed by atoms with Crippen LogP contribution < -0.4 is 0 Å². The molecular weight excluding hydrogens is 136 g/mol. The van der Waals surface area contributed by atoms with E-state index in [-0.39, 0.29) is 6.04 Å². The van der Waals surface area contributed by atoms with Crippen LogP contribution >= 0.6 is 0 Å². The Bertz CT molecular complexity index is 161. The Labute approximate surface area is 68.8 Å². The topological polar surface area (TPSA) is 27.0 Å². The Morgan fingerprint density at radius 1 is 1.36 bits per heavy atom. The molecule has 0 spiro atoms. The van der Waals surface area contributed by atoms with Crippen LogP contribution in [0.25, 0.3) is 0 Å². The van der Waals surface area contributed by atoms with Crippen LogP contribution in [0.2, 0.25) is 0 Å². The fraction of sp³-hybridized carbons (Fsp3) is 0.889. The summed E-state index contributed by atoms with van der Waals surface area (Å²) in [6, 6.07) is 2.37. The van der Waals surface area contributed by atoms with E-state index in [1.807, 2.05) is 6.92 Å². The molecule has 1 saturated heterocycles. The highest BCUT2D eigenvalue weighted by molar-refractivity contribution is 4.92. The van der Waals surface area contributed by atoms with Gasteiger partial charge in [-0.05, 0) is 18.8 Å². The van der Waals surface area contributed by atoms with Gasteiger partial charge in [-0.2, -0.15) is 5.26 Å². The maximum atomic E-state index is 8.68. The van der Waals surface area contributed by atoms with Gasteiger partial charge in [0.2, 0.25) is 0 Å². The smallest absolute Gasteiger partial charge is 0.0949 e. The third-order valence-electron chi connectivity index (χ3n) is 2.75. The van der Waals surface area contributed by atoms with Gasteiger partial charge in [0.25, 0.3) is 0 Å². The van der Waals surface area contributed by atoms with Gasteiger partial charge >= 0.3 is 0 Å². The molecule has 1 fully saturated rings. The summed E-state index contributed by atoms with van der Waals surface area (Å²) in [6.45, 7) is 8.68. The lowest BCUT2D eigenvalue weighted by Gasteiger charge is -2.17. The first-order valence-corrected chi connectivity index (χ1v) is 4.28. The van der Waals surface area contributed by atoms with E-state index in [1.54, 1.807) is 0 Å². The second-order valence-electron chi connectivity index (χ2n) is 3.71. The first-order chi connectivity index (χ1) is 5.15. The van der Waals surface area contributed by atoms with Gasteiger partial charge in [-0.25, -0.2) is 0 Å². The lowest BCUT2D eigenvalue weighted by molar-refractivity contribution is 0.292. The minimum absolute atomic E-state index is 0.0994. The summed E-state index contributed by atoms with van der Waals surface area (Å²) in [7, 11) is 0. The second kappa shape index (κ2) is 3.23. The predicted molar refractivity (Wildman–Crippen MR) is 45.0 cm³/mol.